The van der Waals surface area contributed by atoms with Gasteiger partial charge in [0.1, 0.15) is 5.75 Å². The van der Waals surface area contributed by atoms with E-state index in [1.54, 1.807) is 7.11 Å². The highest BCUT2D eigenvalue weighted by molar-refractivity contribution is 6.32. The first-order valence-corrected chi connectivity index (χ1v) is 6.58. The monoisotopic (exact) mass is 255 g/mol. The highest BCUT2D eigenvalue weighted by atomic mass is 35.5. The van der Waals surface area contributed by atoms with Gasteiger partial charge in [0.25, 0.3) is 0 Å². The number of methoxy groups -OCH3 is 1. The van der Waals surface area contributed by atoms with Crippen LogP contribution in [0.4, 0.5) is 0 Å². The Morgan fingerprint density at radius 2 is 2.06 bits per heavy atom. The van der Waals surface area contributed by atoms with E-state index in [1.807, 2.05) is 12.1 Å². The molecule has 0 aliphatic rings. The number of rotatable bonds is 6. The summed E-state index contributed by atoms with van der Waals surface area (Å²) in [7, 11) is 1.64. The van der Waals surface area contributed by atoms with Crippen LogP contribution in [0.25, 0.3) is 0 Å². The van der Waals surface area contributed by atoms with Crippen molar-refractivity contribution < 1.29 is 4.74 Å². The first-order chi connectivity index (χ1) is 8.13. The molecule has 2 unspecified atom stereocenters. The molecule has 0 amide bonds. The van der Waals surface area contributed by atoms with Crippen LogP contribution >= 0.6 is 11.6 Å². The molecule has 0 aliphatic heterocycles. The molecule has 0 spiro atoms. The maximum absolute atomic E-state index is 6.17. The van der Waals surface area contributed by atoms with Crippen molar-refractivity contribution in [1.29, 1.82) is 0 Å². The number of hydrogen-bond acceptors (Lipinski definition) is 2. The van der Waals surface area contributed by atoms with E-state index in [0.29, 0.717) is 17.0 Å². The molecule has 1 N–H and O–H groups in total. The van der Waals surface area contributed by atoms with Crippen molar-refractivity contribution in [3.63, 3.8) is 0 Å². The third kappa shape index (κ3) is 3.62. The topological polar surface area (TPSA) is 21.3 Å². The van der Waals surface area contributed by atoms with Crippen LogP contribution in [-0.2, 0) is 0 Å². The molecular formula is C14H22ClNO. The first-order valence-electron chi connectivity index (χ1n) is 6.20. The largest absolute Gasteiger partial charge is 0.495 e. The fraction of sp³-hybridized carbons (Fsp3) is 0.571. The van der Waals surface area contributed by atoms with Crippen LogP contribution in [0.3, 0.4) is 0 Å². The third-order valence-electron chi connectivity index (χ3n) is 3.17. The standard InChI is InChI=1S/C14H22ClNO/c1-5-10(3)14(16-6-2)11-7-8-13(17-4)12(15)9-11/h7-10,14,16H,5-6H2,1-4H3. The van der Waals surface area contributed by atoms with E-state index in [4.69, 9.17) is 16.3 Å². The normalized spacial score (nSPS) is 14.4. The Balaban J connectivity index is 2.98. The van der Waals surface area contributed by atoms with Crippen molar-refractivity contribution in [1.82, 2.24) is 5.32 Å². The van der Waals surface area contributed by atoms with Crippen LogP contribution in [0.2, 0.25) is 5.02 Å². The lowest BCUT2D eigenvalue weighted by atomic mass is 9.92. The van der Waals surface area contributed by atoms with Crippen molar-refractivity contribution in [2.45, 2.75) is 33.2 Å². The molecule has 0 heterocycles. The molecule has 3 heteroatoms. The Bertz CT molecular complexity index is 354. The summed E-state index contributed by atoms with van der Waals surface area (Å²) in [6.07, 6.45) is 1.14. The Hall–Kier alpha value is -0.730. The molecule has 0 radical (unpaired) electrons. The smallest absolute Gasteiger partial charge is 0.137 e. The molecule has 0 saturated heterocycles. The summed E-state index contributed by atoms with van der Waals surface area (Å²) in [6.45, 7) is 7.55. The Morgan fingerprint density at radius 3 is 2.53 bits per heavy atom. The van der Waals surface area contributed by atoms with Gasteiger partial charge in [0.2, 0.25) is 0 Å². The Kier molecular flexibility index (Phi) is 5.79. The predicted octanol–water partition coefficient (Wildman–Crippen LogP) is 4.05. The Labute approximate surface area is 109 Å². The van der Waals surface area contributed by atoms with Crippen LogP contribution < -0.4 is 10.1 Å². The molecule has 0 aliphatic carbocycles. The van der Waals surface area contributed by atoms with Crippen LogP contribution in [0.15, 0.2) is 18.2 Å². The molecule has 0 fully saturated rings. The van der Waals surface area contributed by atoms with Crippen molar-refractivity contribution in [3.05, 3.63) is 28.8 Å². The van der Waals surface area contributed by atoms with Gasteiger partial charge in [0.15, 0.2) is 0 Å². The summed E-state index contributed by atoms with van der Waals surface area (Å²) in [5.41, 5.74) is 1.23. The lowest BCUT2D eigenvalue weighted by Gasteiger charge is -2.24. The van der Waals surface area contributed by atoms with Crippen LogP contribution in [0.5, 0.6) is 5.75 Å². The summed E-state index contributed by atoms with van der Waals surface area (Å²) in [4.78, 5) is 0. The molecule has 0 aromatic heterocycles. The third-order valence-corrected chi connectivity index (χ3v) is 3.47. The zero-order valence-corrected chi connectivity index (χ0v) is 11.8. The summed E-state index contributed by atoms with van der Waals surface area (Å²) in [5, 5.41) is 4.19. The maximum Gasteiger partial charge on any atom is 0.137 e. The van der Waals surface area contributed by atoms with E-state index < -0.39 is 0 Å². The number of hydrogen-bond donors (Lipinski definition) is 1. The lowest BCUT2D eigenvalue weighted by Crippen LogP contribution is -2.26. The van der Waals surface area contributed by atoms with Crippen LogP contribution in [0, 0.1) is 5.92 Å². The van der Waals surface area contributed by atoms with E-state index >= 15 is 0 Å². The average molecular weight is 256 g/mol. The highest BCUT2D eigenvalue weighted by Crippen LogP contribution is 2.31. The minimum absolute atomic E-state index is 0.355. The average Bonchev–Trinajstić information content (AvgIpc) is 2.35. The second kappa shape index (κ2) is 6.87. The summed E-state index contributed by atoms with van der Waals surface area (Å²) in [6, 6.07) is 6.38. The van der Waals surface area contributed by atoms with Crippen LogP contribution in [-0.4, -0.2) is 13.7 Å². The van der Waals surface area contributed by atoms with Crippen LogP contribution in [0.1, 0.15) is 38.8 Å². The highest BCUT2D eigenvalue weighted by Gasteiger charge is 2.17. The fourth-order valence-electron chi connectivity index (χ4n) is 1.98. The molecule has 1 aromatic rings. The van der Waals surface area contributed by atoms with Gasteiger partial charge in [0.05, 0.1) is 12.1 Å². The second-order valence-corrected chi connectivity index (χ2v) is 4.72. The second-order valence-electron chi connectivity index (χ2n) is 4.31. The van der Waals surface area contributed by atoms with E-state index in [2.05, 4.69) is 32.2 Å². The minimum Gasteiger partial charge on any atom is -0.495 e. The summed E-state index contributed by atoms with van der Waals surface area (Å²) >= 11 is 6.17. The van der Waals surface area contributed by atoms with Crippen molar-refractivity contribution in [2.24, 2.45) is 5.92 Å². The SMILES string of the molecule is CCNC(c1ccc(OC)c(Cl)c1)C(C)CC. The molecule has 2 nitrogen and oxygen atoms in total. The minimum atomic E-state index is 0.355. The molecule has 96 valence electrons. The van der Waals surface area contributed by atoms with Gasteiger partial charge in [-0.2, -0.15) is 0 Å². The zero-order valence-electron chi connectivity index (χ0n) is 11.1. The van der Waals surface area contributed by atoms with Crippen molar-refractivity contribution in [2.75, 3.05) is 13.7 Å². The number of nitrogens with one attached hydrogen (secondary N) is 1. The van der Waals surface area contributed by atoms with E-state index in [-0.39, 0.29) is 0 Å². The summed E-state index contributed by atoms with van der Waals surface area (Å²) in [5.74, 6) is 1.31. The van der Waals surface area contributed by atoms with Gasteiger partial charge in [-0.25, -0.2) is 0 Å². The van der Waals surface area contributed by atoms with Gasteiger partial charge in [0, 0.05) is 6.04 Å². The maximum atomic E-state index is 6.17. The van der Waals surface area contributed by atoms with Gasteiger partial charge in [-0.3, -0.25) is 0 Å². The summed E-state index contributed by atoms with van der Waals surface area (Å²) < 4.78 is 5.17. The lowest BCUT2D eigenvalue weighted by molar-refractivity contribution is 0.382. The first kappa shape index (κ1) is 14.3. The van der Waals surface area contributed by atoms with E-state index in [0.717, 1.165) is 18.7 Å². The molecular weight excluding hydrogens is 234 g/mol. The van der Waals surface area contributed by atoms with Gasteiger partial charge in [-0.05, 0) is 30.2 Å². The molecule has 0 bridgehead atoms. The van der Waals surface area contributed by atoms with E-state index in [9.17, 15) is 0 Å². The predicted molar refractivity (Wildman–Crippen MR) is 73.9 cm³/mol. The van der Waals surface area contributed by atoms with Gasteiger partial charge in [-0.15, -0.1) is 0 Å². The van der Waals surface area contributed by atoms with Crippen molar-refractivity contribution >= 4 is 11.6 Å². The van der Waals surface area contributed by atoms with Gasteiger partial charge in [-0.1, -0.05) is 44.9 Å². The van der Waals surface area contributed by atoms with Crippen molar-refractivity contribution in [3.8, 4) is 5.75 Å². The Morgan fingerprint density at radius 1 is 1.35 bits per heavy atom. The fourth-order valence-corrected chi connectivity index (χ4v) is 2.25. The molecule has 17 heavy (non-hydrogen) atoms. The van der Waals surface area contributed by atoms with E-state index in [1.165, 1.54) is 5.56 Å². The zero-order chi connectivity index (χ0) is 12.8. The number of ether oxygens (including phenoxy) is 1. The molecule has 1 aromatic carbocycles. The molecule has 2 atom stereocenters. The molecule has 1 rings (SSSR count). The van der Waals surface area contributed by atoms with Gasteiger partial charge < -0.3 is 10.1 Å². The number of halogens is 1. The molecule has 0 saturated carbocycles. The number of benzene rings is 1. The quantitative estimate of drug-likeness (QED) is 0.828. The van der Waals surface area contributed by atoms with Gasteiger partial charge >= 0.3 is 0 Å².